The Labute approximate surface area is 225 Å². The number of aromatic hydroxyl groups is 1. The van der Waals surface area contributed by atoms with Crippen molar-refractivity contribution in [1.29, 1.82) is 0 Å². The van der Waals surface area contributed by atoms with E-state index in [9.17, 15) is 19.7 Å². The lowest BCUT2D eigenvalue weighted by Gasteiger charge is -2.47. The Hall–Kier alpha value is -2.96. The average Bonchev–Trinajstić information content (AvgIpc) is 2.91. The van der Waals surface area contributed by atoms with Gasteiger partial charge < -0.3 is 14.8 Å². The maximum absolute atomic E-state index is 13.8. The van der Waals surface area contributed by atoms with E-state index in [2.05, 4.69) is 19.9 Å². The topological polar surface area (TPSA) is 83.8 Å². The van der Waals surface area contributed by atoms with Gasteiger partial charge >= 0.3 is 7.12 Å². The number of ketones is 2. The molecular formula is C32H37BO5. The van der Waals surface area contributed by atoms with E-state index in [-0.39, 0.29) is 35.3 Å². The zero-order valence-electron chi connectivity index (χ0n) is 22.4. The largest absolute Gasteiger partial charge is 0.507 e. The summed E-state index contributed by atoms with van der Waals surface area (Å²) in [4.78, 5) is 27.4. The van der Waals surface area contributed by atoms with Crippen molar-refractivity contribution in [3.05, 3.63) is 81.9 Å². The van der Waals surface area contributed by atoms with Gasteiger partial charge in [-0.1, -0.05) is 86.4 Å². The summed E-state index contributed by atoms with van der Waals surface area (Å²) in [5.74, 6) is -0.646. The molecule has 5 nitrogen and oxygen atoms in total. The molecule has 1 saturated heterocycles. The molecule has 3 aliphatic rings. The van der Waals surface area contributed by atoms with Crippen molar-refractivity contribution in [2.24, 2.45) is 17.8 Å². The van der Waals surface area contributed by atoms with Crippen molar-refractivity contribution < 1.29 is 24.4 Å². The fraction of sp³-hybridized carbons (Fsp3) is 0.438. The van der Waals surface area contributed by atoms with Crippen molar-refractivity contribution in [3.8, 4) is 5.75 Å². The van der Waals surface area contributed by atoms with E-state index < -0.39 is 13.0 Å². The number of hydrogen-bond acceptors (Lipinski definition) is 5. The van der Waals surface area contributed by atoms with Crippen LogP contribution in [0.2, 0.25) is 6.32 Å². The third-order valence-corrected chi connectivity index (χ3v) is 8.51. The molecule has 1 fully saturated rings. The molecule has 0 bridgehead atoms. The fourth-order valence-corrected chi connectivity index (χ4v) is 6.94. The zero-order valence-corrected chi connectivity index (χ0v) is 22.4. The summed E-state index contributed by atoms with van der Waals surface area (Å²) in [6, 6.07) is 14.5. The Morgan fingerprint density at radius 1 is 0.974 bits per heavy atom. The molecule has 0 unspecified atom stereocenters. The smallest absolute Gasteiger partial charge is 0.455 e. The van der Waals surface area contributed by atoms with Crippen LogP contribution in [0.5, 0.6) is 5.75 Å². The van der Waals surface area contributed by atoms with Crippen molar-refractivity contribution in [2.75, 3.05) is 0 Å². The average molecular weight is 512 g/mol. The van der Waals surface area contributed by atoms with Crippen molar-refractivity contribution in [2.45, 2.75) is 71.2 Å². The molecule has 4 atom stereocenters. The van der Waals surface area contributed by atoms with Crippen LogP contribution in [0.15, 0.2) is 65.3 Å². The van der Waals surface area contributed by atoms with E-state index in [1.54, 1.807) is 18.2 Å². The van der Waals surface area contributed by atoms with Crippen LogP contribution in [0, 0.1) is 17.8 Å². The summed E-state index contributed by atoms with van der Waals surface area (Å²) >= 11 is 0. The number of benzene rings is 2. The molecule has 0 amide bonds. The zero-order chi connectivity index (χ0) is 26.8. The number of phenols is 1. The second-order valence-corrected chi connectivity index (χ2v) is 11.0. The van der Waals surface area contributed by atoms with E-state index in [1.807, 2.05) is 30.3 Å². The summed E-state index contributed by atoms with van der Waals surface area (Å²) in [6.07, 6.45) is 7.86. The molecule has 0 spiro atoms. The number of hydrogen-bond donors (Lipinski definition) is 2. The second kappa shape index (κ2) is 11.4. The quantitative estimate of drug-likeness (QED) is 0.305. The maximum Gasteiger partial charge on any atom is 0.455 e. The Morgan fingerprint density at radius 2 is 1.68 bits per heavy atom. The fourth-order valence-electron chi connectivity index (χ4n) is 6.94. The van der Waals surface area contributed by atoms with Crippen molar-refractivity contribution in [1.82, 2.24) is 0 Å². The van der Waals surface area contributed by atoms with Gasteiger partial charge in [-0.2, -0.15) is 0 Å². The normalized spacial score (nSPS) is 25.2. The number of phenolic OH excluding ortho intramolecular Hbond substituents is 1. The standard InChI is InChI=1S/C32H37BO5/c1-3-9-20(17-21-11-5-8-14-27(21)34)15-16-28-29-22(10-4-2)18-25-30(26(29)19-33(37)38-28)32(36)24-13-7-6-12-23(24)31(25)35/h5-8,11-14,17,25-26,28,30,34,37H,3-4,9-10,15-16,18-19H2,1-2H3/b20-17+/t25-,26+,28-,30-/m1/s1. The summed E-state index contributed by atoms with van der Waals surface area (Å²) in [5.41, 5.74) is 5.47. The SMILES string of the molecule is CCCC1=C2[C@@H](CC/C(=C/c3ccccc3O)CCC)OB(O)C[C@@H]2[C@@H]2C(=O)c3ccccc3C(=O)[C@@H]2C1. The molecule has 38 heavy (non-hydrogen) atoms. The molecule has 2 aliphatic carbocycles. The van der Waals surface area contributed by atoms with Crippen molar-refractivity contribution >= 4 is 24.8 Å². The van der Waals surface area contributed by atoms with Crippen LogP contribution < -0.4 is 0 Å². The summed E-state index contributed by atoms with van der Waals surface area (Å²) in [5, 5.41) is 21.1. The highest BCUT2D eigenvalue weighted by atomic mass is 16.5. The number of carbonyl (C=O) groups excluding carboxylic acids is 2. The monoisotopic (exact) mass is 512 g/mol. The van der Waals surface area contributed by atoms with Crippen LogP contribution in [0.4, 0.5) is 0 Å². The molecule has 2 aromatic carbocycles. The first kappa shape index (κ1) is 26.6. The summed E-state index contributed by atoms with van der Waals surface area (Å²) < 4.78 is 6.17. The molecule has 6 heteroatoms. The number of rotatable bonds is 8. The molecule has 2 aromatic rings. The van der Waals surface area contributed by atoms with Crippen LogP contribution in [-0.2, 0) is 4.65 Å². The number of allylic oxidation sites excluding steroid dienone is 2. The van der Waals surface area contributed by atoms with Crippen LogP contribution in [0.1, 0.15) is 85.1 Å². The van der Waals surface area contributed by atoms with Gasteiger partial charge in [-0.05, 0) is 56.0 Å². The van der Waals surface area contributed by atoms with Gasteiger partial charge in [-0.25, -0.2) is 0 Å². The number of Topliss-reactive ketones (excluding diaryl/α,β-unsaturated/α-hetero) is 2. The molecular weight excluding hydrogens is 475 g/mol. The van der Waals surface area contributed by atoms with Crippen LogP contribution in [0.3, 0.4) is 0 Å². The first-order valence-electron chi connectivity index (χ1n) is 14.1. The molecule has 1 heterocycles. The third-order valence-electron chi connectivity index (χ3n) is 8.51. The third kappa shape index (κ3) is 5.04. The lowest BCUT2D eigenvalue weighted by atomic mass is 9.54. The van der Waals surface area contributed by atoms with E-state index in [0.29, 0.717) is 30.3 Å². The molecule has 0 radical (unpaired) electrons. The molecule has 0 saturated carbocycles. The Kier molecular flexibility index (Phi) is 8.01. The molecule has 5 rings (SSSR count). The maximum atomic E-state index is 13.8. The molecule has 0 aromatic heterocycles. The summed E-state index contributed by atoms with van der Waals surface area (Å²) in [7, 11) is -0.966. The second-order valence-electron chi connectivity index (χ2n) is 11.0. The van der Waals surface area contributed by atoms with Gasteiger partial charge in [0.15, 0.2) is 11.6 Å². The first-order chi connectivity index (χ1) is 18.4. The van der Waals surface area contributed by atoms with E-state index in [4.69, 9.17) is 4.65 Å². The van der Waals surface area contributed by atoms with Crippen LogP contribution >= 0.6 is 0 Å². The Morgan fingerprint density at radius 3 is 2.39 bits per heavy atom. The Bertz CT molecular complexity index is 1280. The van der Waals surface area contributed by atoms with E-state index in [1.165, 1.54) is 11.1 Å². The highest BCUT2D eigenvalue weighted by Gasteiger charge is 2.53. The van der Waals surface area contributed by atoms with Crippen molar-refractivity contribution in [3.63, 3.8) is 0 Å². The minimum Gasteiger partial charge on any atom is -0.507 e. The molecule has 1 aliphatic heterocycles. The van der Waals surface area contributed by atoms with Crippen LogP contribution in [0.25, 0.3) is 6.08 Å². The number of fused-ring (bicyclic) bond motifs is 4. The predicted octanol–water partition coefficient (Wildman–Crippen LogP) is 6.66. The van der Waals surface area contributed by atoms with Gasteiger partial charge in [0.1, 0.15) is 5.75 Å². The van der Waals surface area contributed by atoms with E-state index in [0.717, 1.165) is 43.2 Å². The summed E-state index contributed by atoms with van der Waals surface area (Å²) in [6.45, 7) is 4.28. The van der Waals surface area contributed by atoms with Gasteiger partial charge in [0.05, 0.1) is 6.10 Å². The lowest BCUT2D eigenvalue weighted by Crippen LogP contribution is -2.50. The van der Waals surface area contributed by atoms with Gasteiger partial charge in [0, 0.05) is 28.5 Å². The predicted molar refractivity (Wildman–Crippen MR) is 150 cm³/mol. The minimum absolute atomic E-state index is 0.0298. The van der Waals surface area contributed by atoms with Gasteiger partial charge in [0.2, 0.25) is 0 Å². The van der Waals surface area contributed by atoms with Gasteiger partial charge in [-0.15, -0.1) is 0 Å². The van der Waals surface area contributed by atoms with Gasteiger partial charge in [0.25, 0.3) is 0 Å². The first-order valence-corrected chi connectivity index (χ1v) is 14.1. The molecule has 198 valence electrons. The van der Waals surface area contributed by atoms with Gasteiger partial charge in [-0.3, -0.25) is 9.59 Å². The Balaban J connectivity index is 1.48. The lowest BCUT2D eigenvalue weighted by molar-refractivity contribution is 0.0598. The number of para-hydroxylation sites is 1. The number of carbonyl (C=O) groups is 2. The highest BCUT2D eigenvalue weighted by molar-refractivity contribution is 6.43. The minimum atomic E-state index is -0.966. The van der Waals surface area contributed by atoms with Crippen LogP contribution in [-0.4, -0.2) is 34.9 Å². The highest BCUT2D eigenvalue weighted by Crippen LogP contribution is 2.51. The molecule has 2 N–H and O–H groups in total. The van der Waals surface area contributed by atoms with E-state index >= 15 is 0 Å².